The molecule has 86 valence electrons. The molecule has 1 aromatic carbocycles. The van der Waals surface area contributed by atoms with Crippen molar-refractivity contribution in [2.45, 2.75) is 20.0 Å². The van der Waals surface area contributed by atoms with Crippen molar-refractivity contribution in [3.8, 4) is 0 Å². The van der Waals surface area contributed by atoms with Gasteiger partial charge in [0.1, 0.15) is 6.10 Å². The molecule has 0 radical (unpaired) electrons. The van der Waals surface area contributed by atoms with Crippen LogP contribution in [-0.4, -0.2) is 7.11 Å². The van der Waals surface area contributed by atoms with Crippen molar-refractivity contribution in [2.24, 2.45) is 0 Å². The molecule has 0 saturated carbocycles. The van der Waals surface area contributed by atoms with E-state index in [0.29, 0.717) is 0 Å². The molecular formula is C14H18O2. The summed E-state index contributed by atoms with van der Waals surface area (Å²) in [5.74, 6) is 0. The van der Waals surface area contributed by atoms with Crippen molar-refractivity contribution in [3.63, 3.8) is 0 Å². The summed E-state index contributed by atoms with van der Waals surface area (Å²) in [7, 11) is 1.62. The Hall–Kier alpha value is -1.70. The largest absolute Gasteiger partial charge is 0.504 e. The summed E-state index contributed by atoms with van der Waals surface area (Å²) in [5, 5.41) is 0. The Balaban J connectivity index is 2.52. The lowest BCUT2D eigenvalue weighted by Crippen LogP contribution is -1.94. The number of ether oxygens (including phenoxy) is 2. The standard InChI is InChI=1S/C14H18O2/c1-12(9-10-15-3)11-16-13(2)14-7-5-4-6-8-14/h4-11,13H,1-3H3/b10-9+,12-11-. The fraction of sp³-hybridized carbons (Fsp3) is 0.286. The highest BCUT2D eigenvalue weighted by atomic mass is 16.5. The SMILES string of the molecule is CO/C=C/C(C)=C\OC(C)c1ccccc1. The van der Waals surface area contributed by atoms with Crippen LogP contribution in [0.3, 0.4) is 0 Å². The maximum Gasteiger partial charge on any atom is 0.120 e. The van der Waals surface area contributed by atoms with Gasteiger partial charge in [-0.25, -0.2) is 0 Å². The molecule has 0 heterocycles. The number of rotatable bonds is 5. The highest BCUT2D eigenvalue weighted by molar-refractivity contribution is 5.18. The van der Waals surface area contributed by atoms with Crippen molar-refractivity contribution in [2.75, 3.05) is 7.11 Å². The molecule has 0 N–H and O–H groups in total. The molecule has 0 aliphatic carbocycles. The number of hydrogen-bond donors (Lipinski definition) is 0. The fourth-order valence-corrected chi connectivity index (χ4v) is 1.23. The van der Waals surface area contributed by atoms with E-state index in [1.165, 1.54) is 5.56 Å². The van der Waals surface area contributed by atoms with Gasteiger partial charge in [-0.1, -0.05) is 30.3 Å². The molecule has 16 heavy (non-hydrogen) atoms. The van der Waals surface area contributed by atoms with Crippen LogP contribution in [0.4, 0.5) is 0 Å². The Kier molecular flexibility index (Phi) is 5.20. The molecule has 1 unspecified atom stereocenters. The first kappa shape index (κ1) is 12.4. The van der Waals surface area contributed by atoms with Gasteiger partial charge in [-0.15, -0.1) is 0 Å². The molecule has 0 bridgehead atoms. The molecule has 1 rings (SSSR count). The summed E-state index contributed by atoms with van der Waals surface area (Å²) in [5.41, 5.74) is 2.19. The van der Waals surface area contributed by atoms with Crippen LogP contribution in [0, 0.1) is 0 Å². The Morgan fingerprint density at radius 2 is 1.94 bits per heavy atom. The zero-order valence-corrected chi connectivity index (χ0v) is 10.0. The van der Waals surface area contributed by atoms with Gasteiger partial charge < -0.3 is 9.47 Å². The Morgan fingerprint density at radius 3 is 2.56 bits per heavy atom. The van der Waals surface area contributed by atoms with Crippen LogP contribution in [0.15, 0.2) is 54.5 Å². The molecule has 0 fully saturated rings. The normalized spacial score (nSPS) is 13.8. The van der Waals surface area contributed by atoms with E-state index in [-0.39, 0.29) is 6.10 Å². The van der Waals surface area contributed by atoms with Gasteiger partial charge in [0, 0.05) is 0 Å². The molecule has 0 aromatic heterocycles. The lowest BCUT2D eigenvalue weighted by Gasteiger charge is -2.11. The van der Waals surface area contributed by atoms with E-state index in [0.717, 1.165) is 5.57 Å². The quantitative estimate of drug-likeness (QED) is 0.552. The average Bonchev–Trinajstić information content (AvgIpc) is 2.34. The van der Waals surface area contributed by atoms with E-state index in [1.54, 1.807) is 19.6 Å². The first-order valence-corrected chi connectivity index (χ1v) is 5.30. The monoisotopic (exact) mass is 218 g/mol. The van der Waals surface area contributed by atoms with E-state index >= 15 is 0 Å². The average molecular weight is 218 g/mol. The van der Waals surface area contributed by atoms with Gasteiger partial charge >= 0.3 is 0 Å². The third-order valence-electron chi connectivity index (χ3n) is 2.19. The molecule has 0 saturated heterocycles. The Labute approximate surface area is 97.2 Å². The molecule has 0 aliphatic rings. The van der Waals surface area contributed by atoms with Crippen LogP contribution in [-0.2, 0) is 9.47 Å². The van der Waals surface area contributed by atoms with Crippen molar-refractivity contribution < 1.29 is 9.47 Å². The predicted molar refractivity (Wildman–Crippen MR) is 65.8 cm³/mol. The molecule has 0 spiro atoms. The molecule has 1 aromatic rings. The van der Waals surface area contributed by atoms with Gasteiger partial charge in [-0.3, -0.25) is 0 Å². The van der Waals surface area contributed by atoms with E-state index < -0.39 is 0 Å². The first-order valence-electron chi connectivity index (χ1n) is 5.30. The minimum absolute atomic E-state index is 0.0621. The highest BCUT2D eigenvalue weighted by Crippen LogP contribution is 2.16. The van der Waals surface area contributed by atoms with Gasteiger partial charge in [-0.2, -0.15) is 0 Å². The third kappa shape index (κ3) is 4.22. The summed E-state index contributed by atoms with van der Waals surface area (Å²) in [6.45, 7) is 3.99. The second kappa shape index (κ2) is 6.72. The summed E-state index contributed by atoms with van der Waals surface area (Å²) < 4.78 is 10.4. The number of hydrogen-bond acceptors (Lipinski definition) is 2. The van der Waals surface area contributed by atoms with Crippen molar-refractivity contribution in [1.29, 1.82) is 0 Å². The topological polar surface area (TPSA) is 18.5 Å². The fourth-order valence-electron chi connectivity index (χ4n) is 1.23. The maximum absolute atomic E-state index is 5.62. The zero-order chi connectivity index (χ0) is 11.8. The van der Waals surface area contributed by atoms with Crippen LogP contribution in [0.5, 0.6) is 0 Å². The van der Waals surface area contributed by atoms with Gasteiger partial charge in [0.25, 0.3) is 0 Å². The molecular weight excluding hydrogens is 200 g/mol. The van der Waals surface area contributed by atoms with E-state index in [1.807, 2.05) is 38.1 Å². The minimum Gasteiger partial charge on any atom is -0.504 e. The van der Waals surface area contributed by atoms with Crippen molar-refractivity contribution in [3.05, 3.63) is 60.1 Å². The smallest absolute Gasteiger partial charge is 0.120 e. The molecule has 2 heteroatoms. The van der Waals surface area contributed by atoms with Crippen LogP contribution < -0.4 is 0 Å². The van der Waals surface area contributed by atoms with E-state index in [4.69, 9.17) is 9.47 Å². The van der Waals surface area contributed by atoms with Gasteiger partial charge in [0.05, 0.1) is 19.6 Å². The van der Waals surface area contributed by atoms with Crippen LogP contribution in [0.2, 0.25) is 0 Å². The second-order valence-corrected chi connectivity index (χ2v) is 3.59. The molecule has 0 amide bonds. The van der Waals surface area contributed by atoms with Crippen molar-refractivity contribution >= 4 is 0 Å². The highest BCUT2D eigenvalue weighted by Gasteiger charge is 2.02. The van der Waals surface area contributed by atoms with Gasteiger partial charge in [-0.05, 0) is 31.1 Å². The molecule has 2 nitrogen and oxygen atoms in total. The summed E-state index contributed by atoms with van der Waals surface area (Å²) in [6, 6.07) is 10.1. The number of benzene rings is 1. The zero-order valence-electron chi connectivity index (χ0n) is 10.0. The third-order valence-corrected chi connectivity index (χ3v) is 2.19. The maximum atomic E-state index is 5.62. The summed E-state index contributed by atoms with van der Waals surface area (Å²) in [4.78, 5) is 0. The minimum atomic E-state index is 0.0621. The summed E-state index contributed by atoms with van der Waals surface area (Å²) >= 11 is 0. The van der Waals surface area contributed by atoms with E-state index in [9.17, 15) is 0 Å². The van der Waals surface area contributed by atoms with Crippen LogP contribution in [0.1, 0.15) is 25.5 Å². The second-order valence-electron chi connectivity index (χ2n) is 3.59. The predicted octanol–water partition coefficient (Wildman–Crippen LogP) is 3.83. The first-order chi connectivity index (χ1) is 7.74. The Bertz CT molecular complexity index is 352. The van der Waals surface area contributed by atoms with Crippen LogP contribution >= 0.6 is 0 Å². The number of allylic oxidation sites excluding steroid dienone is 2. The van der Waals surface area contributed by atoms with Gasteiger partial charge in [0.2, 0.25) is 0 Å². The van der Waals surface area contributed by atoms with Crippen molar-refractivity contribution in [1.82, 2.24) is 0 Å². The Morgan fingerprint density at radius 1 is 1.25 bits per heavy atom. The lowest BCUT2D eigenvalue weighted by molar-refractivity contribution is 0.162. The molecule has 1 atom stereocenters. The lowest BCUT2D eigenvalue weighted by atomic mass is 10.1. The molecule has 0 aliphatic heterocycles. The van der Waals surface area contributed by atoms with E-state index in [2.05, 4.69) is 12.1 Å². The van der Waals surface area contributed by atoms with Gasteiger partial charge in [0.15, 0.2) is 0 Å². The van der Waals surface area contributed by atoms with Crippen LogP contribution in [0.25, 0.3) is 0 Å². The summed E-state index contributed by atoms with van der Waals surface area (Å²) in [6.07, 6.45) is 5.29. The number of methoxy groups -OCH3 is 1.